The fourth-order valence-corrected chi connectivity index (χ4v) is 8.62. The number of nitrogens with one attached hydrogen (secondary N) is 1. The van der Waals surface area contributed by atoms with E-state index in [4.69, 9.17) is 14.2 Å². The zero-order valence-corrected chi connectivity index (χ0v) is 31.2. The summed E-state index contributed by atoms with van der Waals surface area (Å²) in [5, 5.41) is 19.7. The van der Waals surface area contributed by atoms with Gasteiger partial charge in [-0.25, -0.2) is 0 Å². The molecule has 4 aromatic carbocycles. The molecule has 4 aliphatic rings. The lowest BCUT2D eigenvalue weighted by Gasteiger charge is -2.40. The number of nitrogens with zero attached hydrogens (tertiary/aromatic N) is 4. The van der Waals surface area contributed by atoms with Crippen molar-refractivity contribution >= 4 is 23.2 Å². The summed E-state index contributed by atoms with van der Waals surface area (Å²) in [5.41, 5.74) is 9.99. The van der Waals surface area contributed by atoms with Crippen LogP contribution in [0.15, 0.2) is 91.0 Å². The van der Waals surface area contributed by atoms with Crippen LogP contribution in [0.4, 0.5) is 11.4 Å². The van der Waals surface area contributed by atoms with Gasteiger partial charge in [0.05, 0.1) is 36.6 Å². The van der Waals surface area contributed by atoms with Gasteiger partial charge in [0, 0.05) is 61.4 Å². The van der Waals surface area contributed by atoms with Gasteiger partial charge in [-0.2, -0.15) is 0 Å². The third-order valence-corrected chi connectivity index (χ3v) is 11.5. The number of rotatable bonds is 9. The van der Waals surface area contributed by atoms with E-state index >= 15 is 4.79 Å². The molecule has 1 atom stereocenters. The van der Waals surface area contributed by atoms with Gasteiger partial charge in [0.2, 0.25) is 6.79 Å². The van der Waals surface area contributed by atoms with Gasteiger partial charge in [-0.15, -0.1) is 0 Å². The highest BCUT2D eigenvalue weighted by Gasteiger charge is 2.36. The molecule has 0 saturated carbocycles. The van der Waals surface area contributed by atoms with Crippen LogP contribution in [0.3, 0.4) is 0 Å². The maximum atomic E-state index is 15.2. The Kier molecular flexibility index (Phi) is 9.84. The molecule has 3 N–H and O–H groups in total. The smallest absolute Gasteiger partial charge is 0.260 e. The number of ether oxygens (including phenoxy) is 3. The quantitative estimate of drug-likeness (QED) is 0.145. The number of anilines is 2. The van der Waals surface area contributed by atoms with E-state index in [2.05, 4.69) is 33.1 Å². The van der Waals surface area contributed by atoms with Crippen LogP contribution >= 0.6 is 0 Å². The van der Waals surface area contributed by atoms with Gasteiger partial charge in [0.1, 0.15) is 5.75 Å². The Balaban J connectivity index is 1.13. The molecule has 56 heavy (non-hydrogen) atoms. The number of phenolic OH excluding ortho intramolecular Hbond substituents is 1. The second kappa shape index (κ2) is 15.4. The molecule has 4 aliphatic heterocycles. The third kappa shape index (κ3) is 6.95. The van der Waals surface area contributed by atoms with E-state index in [1.807, 2.05) is 41.3 Å². The molecule has 1 fully saturated rings. The second-order valence-corrected chi connectivity index (χ2v) is 14.9. The van der Waals surface area contributed by atoms with Gasteiger partial charge in [0.25, 0.3) is 11.8 Å². The molecule has 0 aliphatic carbocycles. The van der Waals surface area contributed by atoms with Crippen molar-refractivity contribution < 1.29 is 34.1 Å². The van der Waals surface area contributed by atoms with Crippen LogP contribution in [-0.2, 0) is 37.2 Å². The molecule has 1 saturated heterocycles. The van der Waals surface area contributed by atoms with Crippen LogP contribution in [0.2, 0.25) is 0 Å². The van der Waals surface area contributed by atoms with Crippen molar-refractivity contribution in [3.63, 3.8) is 0 Å². The van der Waals surface area contributed by atoms with Gasteiger partial charge in [-0.05, 0) is 97.0 Å². The summed E-state index contributed by atoms with van der Waals surface area (Å²) < 4.78 is 19.6. The van der Waals surface area contributed by atoms with Gasteiger partial charge >= 0.3 is 0 Å². The Morgan fingerprint density at radius 3 is 2.43 bits per heavy atom. The lowest BCUT2D eigenvalue weighted by molar-refractivity contribution is 0.0193. The van der Waals surface area contributed by atoms with Crippen LogP contribution < -0.4 is 19.9 Å². The van der Waals surface area contributed by atoms with Crippen molar-refractivity contribution in [1.82, 2.24) is 14.4 Å². The summed E-state index contributed by atoms with van der Waals surface area (Å²) in [6.45, 7) is 5.22. The topological polar surface area (TPSA) is 129 Å². The first-order valence-electron chi connectivity index (χ1n) is 19.4. The molecule has 5 aromatic rings. The summed E-state index contributed by atoms with van der Waals surface area (Å²) in [5.74, 6) is 0.891. The molecule has 0 bridgehead atoms. The minimum atomic E-state index is -0.207. The van der Waals surface area contributed by atoms with Crippen molar-refractivity contribution in [2.75, 3.05) is 50.0 Å². The van der Waals surface area contributed by atoms with E-state index in [1.54, 1.807) is 41.3 Å². The first kappa shape index (κ1) is 35.9. The maximum Gasteiger partial charge on any atom is 0.260 e. The molecular weight excluding hydrogens is 711 g/mol. The molecule has 12 nitrogen and oxygen atoms in total. The van der Waals surface area contributed by atoms with Gasteiger partial charge in [0.15, 0.2) is 11.5 Å². The Bertz CT molecular complexity index is 2260. The van der Waals surface area contributed by atoms with E-state index < -0.39 is 0 Å². The van der Waals surface area contributed by atoms with Crippen molar-refractivity contribution in [2.45, 2.75) is 51.4 Å². The third-order valence-electron chi connectivity index (χ3n) is 11.5. The summed E-state index contributed by atoms with van der Waals surface area (Å²) in [7, 11) is 0. The summed E-state index contributed by atoms with van der Waals surface area (Å²) in [4.78, 5) is 36.3. The minimum absolute atomic E-state index is 0.0504. The lowest BCUT2D eigenvalue weighted by Crippen LogP contribution is -2.52. The minimum Gasteiger partial charge on any atom is -0.508 e. The molecule has 0 unspecified atom stereocenters. The number of fused-ring (bicyclic) bond motifs is 3. The first-order valence-corrected chi connectivity index (χ1v) is 19.4. The molecule has 0 spiro atoms. The number of hydrogen-bond donors (Lipinski definition) is 3. The number of hydrogen-bond acceptors (Lipinski definition) is 9. The maximum absolute atomic E-state index is 15.2. The van der Waals surface area contributed by atoms with E-state index in [1.165, 1.54) is 5.56 Å². The summed E-state index contributed by atoms with van der Waals surface area (Å²) in [6.07, 6.45) is 3.31. The Morgan fingerprint density at radius 1 is 0.839 bits per heavy atom. The van der Waals surface area contributed by atoms with Crippen LogP contribution in [0.1, 0.15) is 55.9 Å². The van der Waals surface area contributed by atoms with Crippen molar-refractivity contribution in [2.24, 2.45) is 0 Å². The SMILES string of the molecule is O=C(c1cc(-c2cc3c(cc2C(=O)N2Cc4ccccc4C[C@H]2CN2CCOCC2)OCO3)n2c1CCCC2)N(Cc1cccc(NO)c1)c1ccc(O)cc1. The number of morpholine rings is 1. The van der Waals surface area contributed by atoms with E-state index in [0.29, 0.717) is 72.3 Å². The van der Waals surface area contributed by atoms with Crippen molar-refractivity contribution in [3.05, 3.63) is 125 Å². The Hall–Kier alpha value is -5.82. The number of aromatic hydroxyl groups is 1. The molecule has 12 heteroatoms. The van der Waals surface area contributed by atoms with Crippen LogP contribution in [0.25, 0.3) is 11.3 Å². The van der Waals surface area contributed by atoms with E-state index in [-0.39, 0.29) is 36.9 Å². The highest BCUT2D eigenvalue weighted by Crippen LogP contribution is 2.42. The zero-order valence-electron chi connectivity index (χ0n) is 31.2. The molecule has 288 valence electrons. The fraction of sp³-hybridized carbons (Fsp3) is 0.318. The zero-order chi connectivity index (χ0) is 38.2. The molecule has 9 rings (SSSR count). The van der Waals surface area contributed by atoms with Crippen LogP contribution in [-0.4, -0.2) is 82.2 Å². The fourth-order valence-electron chi connectivity index (χ4n) is 8.62. The van der Waals surface area contributed by atoms with Gasteiger partial charge < -0.3 is 33.7 Å². The molecule has 1 aromatic heterocycles. The summed E-state index contributed by atoms with van der Waals surface area (Å²) >= 11 is 0. The molecule has 0 radical (unpaired) electrons. The van der Waals surface area contributed by atoms with Gasteiger partial charge in [-0.3, -0.25) is 25.2 Å². The predicted molar refractivity (Wildman–Crippen MR) is 210 cm³/mol. The Labute approximate surface area is 325 Å². The Morgan fingerprint density at radius 2 is 1.62 bits per heavy atom. The highest BCUT2D eigenvalue weighted by molar-refractivity contribution is 6.09. The number of amides is 2. The van der Waals surface area contributed by atoms with E-state index in [9.17, 15) is 15.1 Å². The average Bonchev–Trinajstić information content (AvgIpc) is 3.87. The monoisotopic (exact) mass is 755 g/mol. The predicted octanol–water partition coefficient (Wildman–Crippen LogP) is 6.47. The molecule has 5 heterocycles. The van der Waals surface area contributed by atoms with E-state index in [0.717, 1.165) is 61.4 Å². The van der Waals surface area contributed by atoms with Crippen molar-refractivity contribution in [3.8, 4) is 28.5 Å². The van der Waals surface area contributed by atoms with Crippen LogP contribution in [0.5, 0.6) is 17.2 Å². The lowest BCUT2D eigenvalue weighted by atomic mass is 9.92. The molecular formula is C44H45N5O7. The average molecular weight is 756 g/mol. The van der Waals surface area contributed by atoms with Crippen LogP contribution in [0, 0.1) is 0 Å². The first-order chi connectivity index (χ1) is 27.4. The van der Waals surface area contributed by atoms with Crippen molar-refractivity contribution in [1.29, 1.82) is 0 Å². The standard InChI is InChI=1S/C44H45N5O7/c50-35-13-11-33(12-14-35)48(25-29-6-5-9-32(20-29)45-53)44(52)38-22-40(47-15-4-3-10-39(38)47)36-23-41-42(56-28-55-41)24-37(36)43(51)49-26-31-8-2-1-7-30(31)21-34(49)27-46-16-18-54-19-17-46/h1-2,5-9,11-14,20,22-24,34,45,50,53H,3-4,10,15-19,21,25-28H2/t34-/m0/s1. The normalized spacial score (nSPS) is 17.6. The number of phenols is 1. The number of aromatic nitrogens is 1. The molecule has 2 amide bonds. The van der Waals surface area contributed by atoms with Gasteiger partial charge in [-0.1, -0.05) is 36.4 Å². The highest BCUT2D eigenvalue weighted by atomic mass is 16.7. The number of carbonyl (C=O) groups is 2. The number of carbonyl (C=O) groups excluding carboxylic acids is 2. The number of benzene rings is 4. The summed E-state index contributed by atoms with van der Waals surface area (Å²) in [6, 6.07) is 27.8. The second-order valence-electron chi connectivity index (χ2n) is 14.9. The largest absolute Gasteiger partial charge is 0.508 e.